The Kier molecular flexibility index (Phi) is 3.84. The van der Waals surface area contributed by atoms with Crippen molar-refractivity contribution < 1.29 is 21.9 Å². The van der Waals surface area contributed by atoms with Crippen molar-refractivity contribution in [2.45, 2.75) is 18.3 Å². The van der Waals surface area contributed by atoms with Gasteiger partial charge >= 0.3 is 0 Å². The lowest BCUT2D eigenvalue weighted by Gasteiger charge is -2.13. The van der Waals surface area contributed by atoms with Crippen LogP contribution < -0.4 is 4.72 Å². The van der Waals surface area contributed by atoms with Crippen LogP contribution in [0.3, 0.4) is 0 Å². The molecule has 0 saturated carbocycles. The van der Waals surface area contributed by atoms with Crippen LogP contribution >= 0.6 is 0 Å². The van der Waals surface area contributed by atoms with E-state index in [9.17, 15) is 16.8 Å². The quantitative estimate of drug-likeness (QED) is 0.822. The molecule has 0 radical (unpaired) electrons. The van der Waals surface area contributed by atoms with Crippen LogP contribution in [-0.2, 0) is 26.5 Å². The van der Waals surface area contributed by atoms with Gasteiger partial charge in [0.2, 0.25) is 10.0 Å². The van der Waals surface area contributed by atoms with Crippen LogP contribution in [0.5, 0.6) is 0 Å². The highest BCUT2D eigenvalue weighted by Gasteiger charge is 2.37. The predicted octanol–water partition coefficient (Wildman–Crippen LogP) is 0.108. The summed E-state index contributed by atoms with van der Waals surface area (Å²) in [6, 6.07) is 6.35. The lowest BCUT2D eigenvalue weighted by atomic mass is 10.2. The first-order valence-electron chi connectivity index (χ1n) is 5.74. The Morgan fingerprint density at radius 2 is 2.11 bits per heavy atom. The van der Waals surface area contributed by atoms with Gasteiger partial charge in [-0.05, 0) is 24.1 Å². The molecule has 1 saturated heterocycles. The van der Waals surface area contributed by atoms with Crippen LogP contribution in [0, 0.1) is 0 Å². The summed E-state index contributed by atoms with van der Waals surface area (Å²) < 4.78 is 49.1. The first-order valence-corrected chi connectivity index (χ1v) is 9.11. The zero-order chi connectivity index (χ0) is 14.1. The van der Waals surface area contributed by atoms with Gasteiger partial charge in [-0.3, -0.25) is 4.72 Å². The normalized spacial score (nSPS) is 22.3. The van der Waals surface area contributed by atoms with E-state index in [1.165, 1.54) is 6.07 Å². The van der Waals surface area contributed by atoms with E-state index in [1.807, 2.05) is 0 Å². The summed E-state index contributed by atoms with van der Waals surface area (Å²) in [7, 11) is -6.96. The van der Waals surface area contributed by atoms with Gasteiger partial charge in [-0.2, -0.15) is 0 Å². The Bertz CT molecular complexity index is 666. The van der Waals surface area contributed by atoms with Gasteiger partial charge in [-0.15, -0.1) is 0 Å². The summed E-state index contributed by atoms with van der Waals surface area (Å²) in [5, 5.41) is 8.08. The molecule has 1 aromatic carbocycles. The molecule has 1 heterocycles. The minimum absolute atomic E-state index is 0.0880. The number of sulfone groups is 1. The summed E-state index contributed by atoms with van der Waals surface area (Å²) in [6.45, 7) is -0.187. The van der Waals surface area contributed by atoms with Gasteiger partial charge in [-0.25, -0.2) is 16.8 Å². The standard InChI is InChI=1S/C11H15NO5S2/c13-7-9-2-1-3-10(6-9)12-19(16,17)11-4-5-18(14,15)8-11/h1-3,6,11-13H,4-5,7-8H2. The van der Waals surface area contributed by atoms with E-state index in [2.05, 4.69) is 4.72 Å². The number of sulfonamides is 1. The molecular formula is C11H15NO5S2. The van der Waals surface area contributed by atoms with Crippen LogP contribution in [0.4, 0.5) is 5.69 Å². The Balaban J connectivity index is 2.17. The third kappa shape index (κ3) is 3.46. The van der Waals surface area contributed by atoms with E-state index in [0.29, 0.717) is 11.3 Å². The van der Waals surface area contributed by atoms with Crippen molar-refractivity contribution in [1.82, 2.24) is 0 Å². The van der Waals surface area contributed by atoms with Gasteiger partial charge in [0.1, 0.15) is 0 Å². The fourth-order valence-electron chi connectivity index (χ4n) is 1.99. The molecule has 1 aliphatic heterocycles. The molecule has 0 amide bonds. The van der Waals surface area contributed by atoms with Crippen molar-refractivity contribution in [3.8, 4) is 0 Å². The second-order valence-corrected chi connectivity index (χ2v) is 8.72. The number of nitrogens with one attached hydrogen (secondary N) is 1. The average molecular weight is 305 g/mol. The molecule has 1 unspecified atom stereocenters. The molecule has 0 bridgehead atoms. The summed E-state index contributed by atoms with van der Waals surface area (Å²) in [5.41, 5.74) is 0.912. The molecule has 1 atom stereocenters. The molecule has 0 spiro atoms. The second-order valence-electron chi connectivity index (χ2n) is 4.53. The fourth-order valence-corrected chi connectivity index (χ4v) is 6.07. The topological polar surface area (TPSA) is 101 Å². The first kappa shape index (κ1) is 14.3. The molecular weight excluding hydrogens is 290 g/mol. The zero-order valence-corrected chi connectivity index (χ0v) is 11.7. The zero-order valence-electron chi connectivity index (χ0n) is 10.1. The summed E-state index contributed by atoms with van der Waals surface area (Å²) >= 11 is 0. The Morgan fingerprint density at radius 1 is 1.37 bits per heavy atom. The molecule has 1 aromatic rings. The lowest BCUT2D eigenvalue weighted by Crippen LogP contribution is -2.28. The van der Waals surface area contributed by atoms with Crippen molar-refractivity contribution >= 4 is 25.5 Å². The minimum atomic E-state index is -3.72. The van der Waals surface area contributed by atoms with Crippen molar-refractivity contribution in [3.63, 3.8) is 0 Å². The molecule has 2 N–H and O–H groups in total. The lowest BCUT2D eigenvalue weighted by molar-refractivity contribution is 0.282. The number of hydrogen-bond acceptors (Lipinski definition) is 5. The Morgan fingerprint density at radius 3 is 2.68 bits per heavy atom. The van der Waals surface area contributed by atoms with E-state index < -0.39 is 25.1 Å². The van der Waals surface area contributed by atoms with Gasteiger partial charge in [0, 0.05) is 5.69 Å². The predicted molar refractivity (Wildman–Crippen MR) is 72.0 cm³/mol. The number of benzene rings is 1. The van der Waals surface area contributed by atoms with E-state index >= 15 is 0 Å². The van der Waals surface area contributed by atoms with Gasteiger partial charge in [0.25, 0.3) is 0 Å². The van der Waals surface area contributed by atoms with Crippen LogP contribution in [0.15, 0.2) is 24.3 Å². The molecule has 0 aliphatic carbocycles. The average Bonchev–Trinajstić information content (AvgIpc) is 2.70. The molecule has 19 heavy (non-hydrogen) atoms. The van der Waals surface area contributed by atoms with Gasteiger partial charge < -0.3 is 5.11 Å². The van der Waals surface area contributed by atoms with E-state index in [1.54, 1.807) is 18.2 Å². The van der Waals surface area contributed by atoms with E-state index in [4.69, 9.17) is 5.11 Å². The number of anilines is 1. The van der Waals surface area contributed by atoms with Crippen LogP contribution in [0.25, 0.3) is 0 Å². The molecule has 8 heteroatoms. The smallest absolute Gasteiger partial charge is 0.236 e. The molecule has 1 aliphatic rings. The van der Waals surface area contributed by atoms with Gasteiger partial charge in [0.05, 0.1) is 23.4 Å². The van der Waals surface area contributed by atoms with Crippen molar-refractivity contribution in [2.75, 3.05) is 16.2 Å². The Hall–Kier alpha value is -1.12. The van der Waals surface area contributed by atoms with E-state index in [-0.39, 0.29) is 24.5 Å². The largest absolute Gasteiger partial charge is 0.392 e. The van der Waals surface area contributed by atoms with Gasteiger partial charge in [0.15, 0.2) is 9.84 Å². The van der Waals surface area contributed by atoms with Crippen molar-refractivity contribution in [3.05, 3.63) is 29.8 Å². The summed E-state index contributed by atoms with van der Waals surface area (Å²) in [5.74, 6) is -0.419. The molecule has 0 aromatic heterocycles. The van der Waals surface area contributed by atoms with Crippen LogP contribution in [-0.4, -0.2) is 38.7 Å². The molecule has 1 fully saturated rings. The maximum Gasteiger partial charge on any atom is 0.236 e. The molecule has 2 rings (SSSR count). The third-order valence-electron chi connectivity index (χ3n) is 3.00. The number of aliphatic hydroxyl groups is 1. The minimum Gasteiger partial charge on any atom is -0.392 e. The maximum absolute atomic E-state index is 12.1. The third-order valence-corrected chi connectivity index (χ3v) is 6.78. The first-order chi connectivity index (χ1) is 8.82. The molecule has 6 nitrogen and oxygen atoms in total. The number of rotatable bonds is 4. The molecule has 106 valence electrons. The van der Waals surface area contributed by atoms with Crippen LogP contribution in [0.2, 0.25) is 0 Å². The second kappa shape index (κ2) is 5.10. The SMILES string of the molecule is O=S1(=O)CCC(S(=O)(=O)Nc2cccc(CO)c2)C1. The van der Waals surface area contributed by atoms with Gasteiger partial charge in [-0.1, -0.05) is 12.1 Å². The number of hydrogen-bond donors (Lipinski definition) is 2. The van der Waals surface area contributed by atoms with Crippen molar-refractivity contribution in [1.29, 1.82) is 0 Å². The van der Waals surface area contributed by atoms with Crippen LogP contribution in [0.1, 0.15) is 12.0 Å². The van der Waals surface area contributed by atoms with Crippen molar-refractivity contribution in [2.24, 2.45) is 0 Å². The highest BCUT2D eigenvalue weighted by molar-refractivity contribution is 7.97. The van der Waals surface area contributed by atoms with E-state index in [0.717, 1.165) is 0 Å². The highest BCUT2D eigenvalue weighted by atomic mass is 32.2. The number of aliphatic hydroxyl groups excluding tert-OH is 1. The Labute approximate surface area is 112 Å². The monoisotopic (exact) mass is 305 g/mol. The summed E-state index contributed by atoms with van der Waals surface area (Å²) in [6.07, 6.45) is 0.122. The maximum atomic E-state index is 12.1. The summed E-state index contributed by atoms with van der Waals surface area (Å²) in [4.78, 5) is 0. The fraction of sp³-hybridized carbons (Fsp3) is 0.455. The highest BCUT2D eigenvalue weighted by Crippen LogP contribution is 2.21.